The van der Waals surface area contributed by atoms with Gasteiger partial charge in [0.05, 0.1) is 0 Å². The molecular formula is C4H10BF3KN. The molecule has 0 fully saturated rings. The van der Waals surface area contributed by atoms with Gasteiger partial charge in [0.1, 0.15) is 0 Å². The normalized spacial score (nSPS) is 11.4. The molecule has 0 saturated heterocycles. The molecule has 0 saturated carbocycles. The molecule has 0 aromatic carbocycles. The van der Waals surface area contributed by atoms with Gasteiger partial charge in [-0.1, -0.05) is 13.8 Å². The van der Waals surface area contributed by atoms with Crippen molar-refractivity contribution in [2.75, 3.05) is 6.44 Å². The summed E-state index contributed by atoms with van der Waals surface area (Å²) in [5, 5.41) is 2.29. The molecule has 0 spiro atoms. The molecule has 1 nitrogen and oxygen atoms in total. The monoisotopic (exact) mass is 179 g/mol. The van der Waals surface area contributed by atoms with E-state index in [1.807, 2.05) is 0 Å². The van der Waals surface area contributed by atoms with Crippen LogP contribution in [0.5, 0.6) is 0 Å². The van der Waals surface area contributed by atoms with Crippen LogP contribution in [-0.4, -0.2) is 19.5 Å². The summed E-state index contributed by atoms with van der Waals surface area (Å²) in [6.45, 7) is -1.28. The fraction of sp³-hybridized carbons (Fsp3) is 1.00. The van der Waals surface area contributed by atoms with Crippen molar-refractivity contribution >= 4 is 6.98 Å². The molecule has 56 valence electrons. The first-order chi connectivity index (χ1) is 3.92. The van der Waals surface area contributed by atoms with E-state index in [1.165, 1.54) is 0 Å². The van der Waals surface area contributed by atoms with E-state index in [0.717, 1.165) is 0 Å². The Kier molecular flexibility index (Phi) is 8.43. The molecule has 0 aromatic rings. The van der Waals surface area contributed by atoms with Gasteiger partial charge in [0.15, 0.2) is 0 Å². The molecule has 0 radical (unpaired) electrons. The quantitative estimate of drug-likeness (QED) is 0.513. The molecular weight excluding hydrogens is 169 g/mol. The van der Waals surface area contributed by atoms with Crippen LogP contribution in [0.4, 0.5) is 12.9 Å². The van der Waals surface area contributed by atoms with Crippen molar-refractivity contribution in [3.05, 3.63) is 0 Å². The molecule has 0 bridgehead atoms. The molecule has 10 heavy (non-hydrogen) atoms. The first kappa shape index (κ1) is 14.0. The molecule has 0 rings (SSSR count). The second-order valence-electron chi connectivity index (χ2n) is 2.27. The van der Waals surface area contributed by atoms with Crippen LogP contribution in [0.1, 0.15) is 13.8 Å². The maximum Gasteiger partial charge on any atom is 1.00 e. The number of hydrogen-bond acceptors (Lipinski definition) is 1. The van der Waals surface area contributed by atoms with Crippen molar-refractivity contribution in [2.45, 2.75) is 19.9 Å². The van der Waals surface area contributed by atoms with Crippen molar-refractivity contribution in [1.29, 1.82) is 0 Å². The van der Waals surface area contributed by atoms with Gasteiger partial charge in [0.25, 0.3) is 0 Å². The first-order valence-electron chi connectivity index (χ1n) is 2.86. The largest absolute Gasteiger partial charge is 1.00 e. The van der Waals surface area contributed by atoms with Crippen molar-refractivity contribution in [3.63, 3.8) is 0 Å². The van der Waals surface area contributed by atoms with Crippen LogP contribution in [0.25, 0.3) is 0 Å². The minimum atomic E-state index is -4.64. The van der Waals surface area contributed by atoms with E-state index in [-0.39, 0.29) is 57.4 Å². The number of halogens is 3. The molecule has 0 aromatic heterocycles. The summed E-state index contributed by atoms with van der Waals surface area (Å²) < 4.78 is 34.2. The average molecular weight is 179 g/mol. The van der Waals surface area contributed by atoms with Crippen LogP contribution in [0.3, 0.4) is 0 Å². The van der Waals surface area contributed by atoms with Gasteiger partial charge in [-0.05, 0) is 12.5 Å². The fourth-order valence-electron chi connectivity index (χ4n) is 0.369. The molecule has 0 aliphatic heterocycles. The van der Waals surface area contributed by atoms with E-state index in [0.29, 0.717) is 0 Å². The zero-order chi connectivity index (χ0) is 7.49. The minimum absolute atomic E-state index is 0. The second-order valence-corrected chi connectivity index (χ2v) is 2.27. The summed E-state index contributed by atoms with van der Waals surface area (Å²) in [6, 6.07) is -0.0894. The third-order valence-corrected chi connectivity index (χ3v) is 0.758. The molecule has 1 N–H and O–H groups in total. The van der Waals surface area contributed by atoms with E-state index in [2.05, 4.69) is 5.32 Å². The summed E-state index contributed by atoms with van der Waals surface area (Å²) >= 11 is 0. The Balaban J connectivity index is 0. The number of rotatable bonds is 3. The molecule has 0 aliphatic rings. The molecule has 6 heteroatoms. The van der Waals surface area contributed by atoms with Crippen LogP contribution in [0.2, 0.25) is 0 Å². The predicted octanol–water partition coefficient (Wildman–Crippen LogP) is -1.62. The topological polar surface area (TPSA) is 12.0 Å². The van der Waals surface area contributed by atoms with E-state index in [1.54, 1.807) is 13.8 Å². The van der Waals surface area contributed by atoms with E-state index < -0.39 is 13.4 Å². The summed E-state index contributed by atoms with van der Waals surface area (Å²) in [6.07, 6.45) is -0.836. The molecule has 0 heterocycles. The molecule has 0 amide bonds. The Morgan fingerprint density at radius 1 is 1.30 bits per heavy atom. The van der Waals surface area contributed by atoms with Crippen molar-refractivity contribution in [1.82, 2.24) is 5.32 Å². The SMILES string of the molecule is CC(C)NC[B-](F)(F)F.[K+]. The van der Waals surface area contributed by atoms with Crippen LogP contribution < -0.4 is 56.7 Å². The Bertz CT molecular complexity index is 85.1. The second kappa shape index (κ2) is 6.02. The standard InChI is InChI=1S/C4H10BF3N.K/c1-4(2)9-3-5(6,7)8;/h4,9H,3H2,1-2H3;/q-1;+1. The Labute approximate surface area is 102 Å². The average Bonchev–Trinajstić information content (AvgIpc) is 1.59. The first-order valence-corrected chi connectivity index (χ1v) is 2.86. The number of hydrogen-bond donors (Lipinski definition) is 1. The van der Waals surface area contributed by atoms with Crippen LogP contribution in [-0.2, 0) is 0 Å². The third-order valence-electron chi connectivity index (χ3n) is 0.758. The van der Waals surface area contributed by atoms with Crippen LogP contribution >= 0.6 is 0 Å². The third kappa shape index (κ3) is 12.2. The van der Waals surface area contributed by atoms with Crippen molar-refractivity contribution < 1.29 is 64.3 Å². The van der Waals surface area contributed by atoms with Crippen LogP contribution in [0.15, 0.2) is 0 Å². The van der Waals surface area contributed by atoms with Gasteiger partial charge in [-0.3, -0.25) is 0 Å². The Morgan fingerprint density at radius 2 is 1.70 bits per heavy atom. The summed E-state index contributed by atoms with van der Waals surface area (Å²) in [4.78, 5) is 0. The maximum atomic E-state index is 11.4. The van der Waals surface area contributed by atoms with Crippen molar-refractivity contribution in [2.24, 2.45) is 0 Å². The van der Waals surface area contributed by atoms with Gasteiger partial charge in [-0.25, -0.2) is 0 Å². The van der Waals surface area contributed by atoms with Gasteiger partial charge in [0.2, 0.25) is 0 Å². The van der Waals surface area contributed by atoms with Gasteiger partial charge in [0, 0.05) is 0 Å². The van der Waals surface area contributed by atoms with E-state index in [4.69, 9.17) is 0 Å². The minimum Gasteiger partial charge on any atom is -0.448 e. The molecule has 0 atom stereocenters. The van der Waals surface area contributed by atoms with E-state index in [9.17, 15) is 12.9 Å². The van der Waals surface area contributed by atoms with Crippen molar-refractivity contribution in [3.8, 4) is 0 Å². The van der Waals surface area contributed by atoms with E-state index >= 15 is 0 Å². The zero-order valence-electron chi connectivity index (χ0n) is 6.50. The van der Waals surface area contributed by atoms with Gasteiger partial charge in [-0.15, -0.1) is 0 Å². The summed E-state index contributed by atoms with van der Waals surface area (Å²) in [7, 11) is 0. The summed E-state index contributed by atoms with van der Waals surface area (Å²) in [5.74, 6) is 0. The maximum absolute atomic E-state index is 11.4. The van der Waals surface area contributed by atoms with Gasteiger partial charge < -0.3 is 18.3 Å². The van der Waals surface area contributed by atoms with Gasteiger partial charge in [-0.2, -0.15) is 0 Å². The molecule has 0 unspecified atom stereocenters. The fourth-order valence-corrected chi connectivity index (χ4v) is 0.369. The molecule has 0 aliphatic carbocycles. The predicted molar refractivity (Wildman–Crippen MR) is 32.2 cm³/mol. The number of nitrogens with one attached hydrogen (secondary N) is 1. The zero-order valence-corrected chi connectivity index (χ0v) is 9.62. The summed E-state index contributed by atoms with van der Waals surface area (Å²) in [5.41, 5.74) is 0. The van der Waals surface area contributed by atoms with Gasteiger partial charge >= 0.3 is 58.4 Å². The smallest absolute Gasteiger partial charge is 0.448 e. The Morgan fingerprint density at radius 3 is 1.80 bits per heavy atom. The van der Waals surface area contributed by atoms with Crippen LogP contribution in [0, 0.1) is 0 Å². The Hall–Kier alpha value is 1.45.